The van der Waals surface area contributed by atoms with E-state index in [1.54, 1.807) is 0 Å². The van der Waals surface area contributed by atoms with E-state index >= 15 is 0 Å². The molecule has 0 aromatic heterocycles. The summed E-state index contributed by atoms with van der Waals surface area (Å²) in [6.07, 6.45) is 0. The van der Waals surface area contributed by atoms with Gasteiger partial charge >= 0.3 is 7.57 Å². The monoisotopic (exact) mass is 109 g/mol. The van der Waals surface area contributed by atoms with Crippen molar-refractivity contribution in [2.45, 2.75) is 0 Å². The topological polar surface area (TPSA) is 0 Å². The van der Waals surface area contributed by atoms with Crippen LogP contribution >= 0.6 is 17.2 Å². The Bertz CT molecular complexity index is 31.0. The van der Waals surface area contributed by atoms with Gasteiger partial charge in [0, 0.05) is 0 Å². The van der Waals surface area contributed by atoms with Crippen LogP contribution in [-0.2, 0) is 11.8 Å². The zero-order chi connectivity index (χ0) is 3.58. The Morgan fingerprint density at radius 3 is 2.00 bits per heavy atom. The summed E-state index contributed by atoms with van der Waals surface area (Å²) in [4.78, 5) is 0. The van der Waals surface area contributed by atoms with Crippen molar-refractivity contribution in [3.8, 4) is 0 Å². The molecule has 0 rings (SSSR count). The van der Waals surface area contributed by atoms with E-state index in [1.165, 1.54) is 0 Å². The van der Waals surface area contributed by atoms with Gasteiger partial charge in [0.15, 0.2) is 11.8 Å². The summed E-state index contributed by atoms with van der Waals surface area (Å²) in [5, 5.41) is 0. The maximum absolute atomic E-state index is 4.93. The highest BCUT2D eigenvalue weighted by molar-refractivity contribution is 8.28. The lowest BCUT2D eigenvalue weighted by Gasteiger charge is -1.34. The molecule has 0 N–H and O–H groups in total. The molecule has 4 heteroatoms. The van der Waals surface area contributed by atoms with E-state index in [-0.39, 0.29) is 0 Å². The molecule has 0 saturated carbocycles. The molecule has 0 spiro atoms. The summed E-state index contributed by atoms with van der Waals surface area (Å²) in [6.45, 7) is 0. The van der Waals surface area contributed by atoms with Gasteiger partial charge in [-0.3, -0.25) is 0 Å². The van der Waals surface area contributed by atoms with Crippen molar-refractivity contribution < 1.29 is 0 Å². The summed E-state index contributed by atoms with van der Waals surface area (Å²) < 4.78 is 0. The maximum atomic E-state index is 4.93. The van der Waals surface area contributed by atoms with Gasteiger partial charge in [-0.2, -0.15) is 0 Å². The van der Waals surface area contributed by atoms with Gasteiger partial charge in [-0.1, -0.05) is 0 Å². The quantitative estimate of drug-likeness (QED) is 0.332. The van der Waals surface area contributed by atoms with Crippen LogP contribution in [0, 0.1) is 0 Å². The molecule has 0 heterocycles. The SMILES string of the molecule is [B][P+](=S)Cl. The third kappa shape index (κ3) is 13.2. The molecule has 0 bridgehead atoms. The molecule has 2 radical (unpaired) electrons. The van der Waals surface area contributed by atoms with Crippen LogP contribution in [0.5, 0.6) is 0 Å². The van der Waals surface area contributed by atoms with Gasteiger partial charge in [-0.15, -0.1) is 0 Å². The molecule has 1 atom stereocenters. The van der Waals surface area contributed by atoms with Crippen LogP contribution in [0.1, 0.15) is 0 Å². The van der Waals surface area contributed by atoms with Crippen molar-refractivity contribution in [1.82, 2.24) is 0 Å². The Morgan fingerprint density at radius 2 is 2.00 bits per heavy atom. The van der Waals surface area contributed by atoms with E-state index in [9.17, 15) is 0 Å². The summed E-state index contributed by atoms with van der Waals surface area (Å²) in [6, 6.07) is 0. The molecule has 0 fully saturated rings. The Balaban J connectivity index is 2.80. The lowest BCUT2D eigenvalue weighted by molar-refractivity contribution is 4.78. The summed E-state index contributed by atoms with van der Waals surface area (Å²) in [5.74, 6) is -1.06. The number of rotatable bonds is 0. The van der Waals surface area contributed by atoms with Crippen LogP contribution < -0.4 is 0 Å². The molecule has 4 heavy (non-hydrogen) atoms. The first kappa shape index (κ1) is 4.87. The van der Waals surface area contributed by atoms with Gasteiger partial charge in [-0.25, -0.2) is 0 Å². The van der Waals surface area contributed by atoms with Crippen LogP contribution in [0.15, 0.2) is 0 Å². The molecule has 0 aliphatic heterocycles. The van der Waals surface area contributed by atoms with E-state index < -0.39 is 5.93 Å². The normalized spacial score (nSPS) is 10.8. The van der Waals surface area contributed by atoms with Crippen molar-refractivity contribution in [2.24, 2.45) is 0 Å². The molecule has 0 nitrogen and oxygen atoms in total. The third-order valence-corrected chi connectivity index (χ3v) is 0. The highest BCUT2D eigenvalue weighted by Crippen LogP contribution is 2.16. The van der Waals surface area contributed by atoms with E-state index in [0.717, 1.165) is 0 Å². The summed E-state index contributed by atoms with van der Waals surface area (Å²) in [5.41, 5.74) is 0. The van der Waals surface area contributed by atoms with Crippen LogP contribution in [0.25, 0.3) is 0 Å². The average molecular weight is 109 g/mol. The van der Waals surface area contributed by atoms with E-state index in [4.69, 9.17) is 18.8 Å². The minimum atomic E-state index is -1.06. The van der Waals surface area contributed by atoms with E-state index in [0.29, 0.717) is 0 Å². The molecular formula is BClPS+. The maximum Gasteiger partial charge on any atom is 0.488 e. The molecule has 1 unspecified atom stereocenters. The second kappa shape index (κ2) is 2.13. The zero-order valence-corrected chi connectivity index (χ0v) is 4.28. The van der Waals surface area contributed by atoms with Gasteiger partial charge in [-0.05, 0) is 0 Å². The van der Waals surface area contributed by atoms with Gasteiger partial charge in [0.2, 0.25) is 5.93 Å². The molecule has 20 valence electrons. The molecule has 0 saturated heterocycles. The third-order valence-electron chi connectivity index (χ3n) is 0. The standard InChI is InChI=1S/BClPS/c1-3(2)4/q+1. The van der Waals surface area contributed by atoms with Gasteiger partial charge in [0.05, 0.1) is 0 Å². The Morgan fingerprint density at radius 1 is 2.00 bits per heavy atom. The lowest BCUT2D eigenvalue weighted by atomic mass is 10.8. The van der Waals surface area contributed by atoms with E-state index in [1.807, 2.05) is 0 Å². The second-order valence-corrected chi connectivity index (χ2v) is 3.69. The minimum Gasteiger partial charge on any atom is 0.148 e. The predicted molar refractivity (Wildman–Crippen MR) is 25.9 cm³/mol. The number of hydrogen-bond acceptors (Lipinski definition) is 1. The predicted octanol–water partition coefficient (Wildman–Crippen LogP) is 1.17. The number of hydrogen-bond donors (Lipinski definition) is 0. The highest BCUT2D eigenvalue weighted by Gasteiger charge is 1.84. The van der Waals surface area contributed by atoms with Crippen molar-refractivity contribution in [3.63, 3.8) is 0 Å². The smallest absolute Gasteiger partial charge is 0.148 e. The first-order valence-electron chi connectivity index (χ1n) is 0.610. The molecule has 0 amide bonds. The first-order valence-corrected chi connectivity index (χ1v) is 3.94. The van der Waals surface area contributed by atoms with Crippen LogP contribution in [0.4, 0.5) is 0 Å². The Hall–Kier alpha value is 0.875. The first-order chi connectivity index (χ1) is 1.73. The summed E-state index contributed by atoms with van der Waals surface area (Å²) >= 11 is 9.16. The minimum absolute atomic E-state index is 1.06. The van der Waals surface area contributed by atoms with Crippen LogP contribution in [0.2, 0.25) is 0 Å². The van der Waals surface area contributed by atoms with Crippen LogP contribution in [-0.4, -0.2) is 7.57 Å². The van der Waals surface area contributed by atoms with Gasteiger partial charge < -0.3 is 0 Å². The average Bonchev–Trinajstić information content (AvgIpc) is 0.811. The lowest BCUT2D eigenvalue weighted by Crippen LogP contribution is -1.23. The molecule has 0 aliphatic carbocycles. The molecule has 0 aromatic rings. The van der Waals surface area contributed by atoms with Gasteiger partial charge in [0.25, 0.3) is 0 Å². The zero-order valence-electron chi connectivity index (χ0n) is 1.81. The van der Waals surface area contributed by atoms with Crippen molar-refractivity contribution in [1.29, 1.82) is 0 Å². The second-order valence-electron chi connectivity index (χ2n) is 0.272. The number of halogens is 1. The summed E-state index contributed by atoms with van der Waals surface area (Å²) in [7, 11) is 4.76. The fraction of sp³-hybridized carbons (Fsp3) is 0. The van der Waals surface area contributed by atoms with Crippen molar-refractivity contribution in [2.75, 3.05) is 0 Å². The molecule has 0 aliphatic rings. The fourth-order valence-corrected chi connectivity index (χ4v) is 0. The Kier molecular flexibility index (Phi) is 2.60. The Labute approximate surface area is 37.1 Å². The van der Waals surface area contributed by atoms with Gasteiger partial charge in [0.1, 0.15) is 11.2 Å². The van der Waals surface area contributed by atoms with Crippen LogP contribution in [0.3, 0.4) is 0 Å². The van der Waals surface area contributed by atoms with Crippen molar-refractivity contribution in [3.05, 3.63) is 0 Å². The fourth-order valence-electron chi connectivity index (χ4n) is 0. The van der Waals surface area contributed by atoms with E-state index in [2.05, 4.69) is 11.8 Å². The van der Waals surface area contributed by atoms with Crippen molar-refractivity contribution >= 4 is 36.5 Å². The highest BCUT2D eigenvalue weighted by atomic mass is 35.7. The molecular weight excluding hydrogens is 109 g/mol. The molecule has 0 aromatic carbocycles. The largest absolute Gasteiger partial charge is 0.488 e.